The number of hydrogen-bond acceptors (Lipinski definition) is 2. The average Bonchev–Trinajstić information content (AvgIpc) is 2.37. The fraction of sp³-hybridized carbons (Fsp3) is 0.667. The molecule has 1 aliphatic rings. The number of hydrogen-bond donors (Lipinski definition) is 0. The Morgan fingerprint density at radius 3 is 2.35 bits per heavy atom. The van der Waals surface area contributed by atoms with E-state index in [4.69, 9.17) is 0 Å². The molecular formula is C18H30N2. The molecule has 0 N–H and O–H groups in total. The second-order valence-electron chi connectivity index (χ2n) is 7.43. The van der Waals surface area contributed by atoms with Gasteiger partial charge in [0.2, 0.25) is 0 Å². The summed E-state index contributed by atoms with van der Waals surface area (Å²) in [6.45, 7) is 15.0. The van der Waals surface area contributed by atoms with Crippen molar-refractivity contribution in [1.82, 2.24) is 9.80 Å². The van der Waals surface area contributed by atoms with Crippen LogP contribution in [-0.4, -0.2) is 42.0 Å². The van der Waals surface area contributed by atoms with Gasteiger partial charge >= 0.3 is 0 Å². The fourth-order valence-corrected chi connectivity index (χ4v) is 3.33. The van der Waals surface area contributed by atoms with Gasteiger partial charge in [-0.1, -0.05) is 38.1 Å². The quantitative estimate of drug-likeness (QED) is 0.807. The van der Waals surface area contributed by atoms with E-state index in [0.717, 1.165) is 19.6 Å². The minimum Gasteiger partial charge on any atom is -0.303 e. The van der Waals surface area contributed by atoms with Crippen molar-refractivity contribution in [1.29, 1.82) is 0 Å². The third-order valence-corrected chi connectivity index (χ3v) is 4.42. The maximum absolute atomic E-state index is 2.67. The third-order valence-electron chi connectivity index (χ3n) is 4.42. The SMILES string of the molecule is CC(C)c1ccccc1[C@@H]1CN(C)CCN1C(C)(C)C. The monoisotopic (exact) mass is 274 g/mol. The maximum Gasteiger partial charge on any atom is 0.0483 e. The van der Waals surface area contributed by atoms with Crippen LogP contribution in [0.25, 0.3) is 0 Å². The van der Waals surface area contributed by atoms with Crippen LogP contribution in [-0.2, 0) is 0 Å². The Kier molecular flexibility index (Phi) is 4.55. The molecule has 2 nitrogen and oxygen atoms in total. The van der Waals surface area contributed by atoms with Gasteiger partial charge in [0.1, 0.15) is 0 Å². The first-order valence-corrected chi connectivity index (χ1v) is 7.85. The normalized spacial score (nSPS) is 22.4. The van der Waals surface area contributed by atoms with Crippen LogP contribution in [0.2, 0.25) is 0 Å². The molecule has 1 saturated heterocycles. The number of likely N-dealkylation sites (N-methyl/N-ethyl adjacent to an activating group) is 1. The van der Waals surface area contributed by atoms with Crippen LogP contribution in [0.1, 0.15) is 57.7 Å². The summed E-state index contributed by atoms with van der Waals surface area (Å²) in [6, 6.07) is 9.50. The standard InChI is InChI=1S/C18H30N2/c1-14(2)15-9-7-8-10-16(15)17-13-19(6)11-12-20(17)18(3,4)5/h7-10,14,17H,11-13H2,1-6H3/t17-/m0/s1. The molecule has 0 radical (unpaired) electrons. The molecule has 0 unspecified atom stereocenters. The van der Waals surface area contributed by atoms with Gasteiger partial charge in [-0.25, -0.2) is 0 Å². The molecule has 0 spiro atoms. The van der Waals surface area contributed by atoms with Crippen LogP contribution < -0.4 is 0 Å². The predicted octanol–water partition coefficient (Wildman–Crippen LogP) is 3.90. The Labute approximate surface area is 124 Å². The molecule has 0 aliphatic carbocycles. The summed E-state index contributed by atoms with van der Waals surface area (Å²) in [5.74, 6) is 0.584. The lowest BCUT2D eigenvalue weighted by atomic mass is 9.88. The van der Waals surface area contributed by atoms with Crippen molar-refractivity contribution in [2.24, 2.45) is 0 Å². The highest BCUT2D eigenvalue weighted by molar-refractivity contribution is 5.33. The molecule has 0 amide bonds. The molecule has 2 rings (SSSR count). The predicted molar refractivity (Wildman–Crippen MR) is 87.2 cm³/mol. The van der Waals surface area contributed by atoms with Crippen molar-refractivity contribution in [3.05, 3.63) is 35.4 Å². The number of benzene rings is 1. The van der Waals surface area contributed by atoms with Gasteiger partial charge in [-0.2, -0.15) is 0 Å². The highest BCUT2D eigenvalue weighted by Crippen LogP contribution is 2.35. The van der Waals surface area contributed by atoms with Gasteiger partial charge in [-0.3, -0.25) is 4.90 Å². The summed E-state index contributed by atoms with van der Waals surface area (Å²) in [6.07, 6.45) is 0. The zero-order chi connectivity index (χ0) is 14.9. The van der Waals surface area contributed by atoms with Crippen LogP contribution in [0.3, 0.4) is 0 Å². The summed E-state index contributed by atoms with van der Waals surface area (Å²) < 4.78 is 0. The highest BCUT2D eigenvalue weighted by atomic mass is 15.3. The topological polar surface area (TPSA) is 6.48 Å². The van der Waals surface area contributed by atoms with Crippen LogP contribution in [0.5, 0.6) is 0 Å². The summed E-state index contributed by atoms with van der Waals surface area (Å²) in [5, 5.41) is 0. The van der Waals surface area contributed by atoms with E-state index in [1.807, 2.05) is 0 Å². The summed E-state index contributed by atoms with van der Waals surface area (Å²) in [4.78, 5) is 5.14. The first-order chi connectivity index (χ1) is 9.30. The van der Waals surface area contributed by atoms with Gasteiger partial charge in [-0.05, 0) is 44.9 Å². The zero-order valence-electron chi connectivity index (χ0n) is 14.0. The molecule has 1 aromatic rings. The minimum absolute atomic E-state index is 0.218. The smallest absolute Gasteiger partial charge is 0.0483 e. The Balaban J connectivity index is 2.41. The van der Waals surface area contributed by atoms with E-state index in [9.17, 15) is 0 Å². The molecule has 1 heterocycles. The van der Waals surface area contributed by atoms with Gasteiger partial charge in [0.25, 0.3) is 0 Å². The molecular weight excluding hydrogens is 244 g/mol. The zero-order valence-corrected chi connectivity index (χ0v) is 14.0. The second kappa shape index (κ2) is 5.87. The summed E-state index contributed by atoms with van der Waals surface area (Å²) in [7, 11) is 2.24. The van der Waals surface area contributed by atoms with Crippen molar-refractivity contribution >= 4 is 0 Å². The number of rotatable bonds is 2. The fourth-order valence-electron chi connectivity index (χ4n) is 3.33. The molecule has 0 aromatic heterocycles. The summed E-state index contributed by atoms with van der Waals surface area (Å²) >= 11 is 0. The van der Waals surface area contributed by atoms with Gasteiger partial charge in [0.05, 0.1) is 0 Å². The lowest BCUT2D eigenvalue weighted by molar-refractivity contribution is 0.0175. The first-order valence-electron chi connectivity index (χ1n) is 7.85. The molecule has 20 heavy (non-hydrogen) atoms. The van der Waals surface area contributed by atoms with E-state index in [-0.39, 0.29) is 5.54 Å². The number of nitrogens with zero attached hydrogens (tertiary/aromatic N) is 2. The molecule has 112 valence electrons. The molecule has 0 saturated carbocycles. The molecule has 1 atom stereocenters. The van der Waals surface area contributed by atoms with Crippen molar-refractivity contribution in [2.45, 2.75) is 52.1 Å². The van der Waals surface area contributed by atoms with E-state index in [1.165, 1.54) is 11.1 Å². The van der Waals surface area contributed by atoms with E-state index in [1.54, 1.807) is 0 Å². The third kappa shape index (κ3) is 3.24. The molecule has 0 bridgehead atoms. The molecule has 1 fully saturated rings. The second-order valence-corrected chi connectivity index (χ2v) is 7.43. The lowest BCUT2D eigenvalue weighted by Gasteiger charge is -2.48. The van der Waals surface area contributed by atoms with Crippen LogP contribution in [0.15, 0.2) is 24.3 Å². The van der Waals surface area contributed by atoms with E-state index in [2.05, 4.69) is 75.7 Å². The van der Waals surface area contributed by atoms with Gasteiger partial charge in [0.15, 0.2) is 0 Å². The Morgan fingerprint density at radius 2 is 1.75 bits per heavy atom. The van der Waals surface area contributed by atoms with Crippen molar-refractivity contribution < 1.29 is 0 Å². The van der Waals surface area contributed by atoms with Crippen LogP contribution in [0, 0.1) is 0 Å². The maximum atomic E-state index is 2.67. The summed E-state index contributed by atoms with van der Waals surface area (Å²) in [5.41, 5.74) is 3.24. The largest absolute Gasteiger partial charge is 0.303 e. The van der Waals surface area contributed by atoms with Crippen molar-refractivity contribution in [3.8, 4) is 0 Å². The molecule has 1 aliphatic heterocycles. The van der Waals surface area contributed by atoms with E-state index in [0.29, 0.717) is 12.0 Å². The number of piperazine rings is 1. The van der Waals surface area contributed by atoms with Crippen LogP contribution in [0.4, 0.5) is 0 Å². The Bertz CT molecular complexity index is 445. The van der Waals surface area contributed by atoms with E-state index < -0.39 is 0 Å². The molecule has 2 heteroatoms. The Hall–Kier alpha value is -0.860. The van der Waals surface area contributed by atoms with Crippen LogP contribution >= 0.6 is 0 Å². The minimum atomic E-state index is 0.218. The average molecular weight is 274 g/mol. The van der Waals surface area contributed by atoms with Gasteiger partial charge in [0, 0.05) is 31.2 Å². The van der Waals surface area contributed by atoms with Crippen molar-refractivity contribution in [3.63, 3.8) is 0 Å². The highest BCUT2D eigenvalue weighted by Gasteiger charge is 2.34. The Morgan fingerprint density at radius 1 is 1.10 bits per heavy atom. The lowest BCUT2D eigenvalue weighted by Crippen LogP contribution is -2.54. The van der Waals surface area contributed by atoms with Gasteiger partial charge < -0.3 is 4.90 Å². The van der Waals surface area contributed by atoms with Gasteiger partial charge in [-0.15, -0.1) is 0 Å². The van der Waals surface area contributed by atoms with Crippen molar-refractivity contribution in [2.75, 3.05) is 26.7 Å². The first kappa shape index (κ1) is 15.5. The molecule has 1 aromatic carbocycles. The van der Waals surface area contributed by atoms with E-state index >= 15 is 0 Å².